The smallest absolute Gasteiger partial charge is 0.265 e. The predicted molar refractivity (Wildman–Crippen MR) is 74.4 cm³/mol. The summed E-state index contributed by atoms with van der Waals surface area (Å²) in [6, 6.07) is 0.292. The normalized spacial score (nSPS) is 17.2. The molecule has 0 spiro atoms. The van der Waals surface area contributed by atoms with E-state index in [-0.39, 0.29) is 26.5 Å². The number of benzene rings is 1. The Morgan fingerprint density at radius 1 is 1.21 bits per heavy atom. The Morgan fingerprint density at radius 3 is 2.37 bits per heavy atom. The molecule has 100 valence electrons. The summed E-state index contributed by atoms with van der Waals surface area (Å²) < 4.78 is 0. The molecule has 0 aromatic heterocycles. The maximum absolute atomic E-state index is 11.3. The maximum Gasteiger partial charge on any atom is 0.265 e. The summed E-state index contributed by atoms with van der Waals surface area (Å²) in [5, 5.41) is 3.03. The Bertz CT molecular complexity index is 630. The van der Waals surface area contributed by atoms with Gasteiger partial charge in [-0.2, -0.15) is 0 Å². The van der Waals surface area contributed by atoms with Crippen molar-refractivity contribution in [2.45, 2.75) is 6.04 Å². The quantitative estimate of drug-likeness (QED) is 0.717. The molecular weight excluding hydrogens is 314 g/mol. The Kier molecular flexibility index (Phi) is 3.58. The lowest BCUT2D eigenvalue weighted by Gasteiger charge is -2.24. The fourth-order valence-electron chi connectivity index (χ4n) is 1.62. The van der Waals surface area contributed by atoms with Gasteiger partial charge >= 0.3 is 0 Å². The number of carbonyl (C=O) groups excluding carboxylic acids is 2. The van der Waals surface area contributed by atoms with Crippen LogP contribution in [0.25, 0.3) is 0 Å². The molecule has 1 aromatic carbocycles. The summed E-state index contributed by atoms with van der Waals surface area (Å²) in [5.41, 5.74) is 10.6. The van der Waals surface area contributed by atoms with Crippen LogP contribution in [0, 0.1) is 0 Å². The van der Waals surface area contributed by atoms with Gasteiger partial charge in [0, 0.05) is 0 Å². The number of hydrogen-bond acceptors (Lipinski definition) is 4. The van der Waals surface area contributed by atoms with E-state index in [0.717, 1.165) is 0 Å². The number of amides is 2. The van der Waals surface area contributed by atoms with Crippen molar-refractivity contribution >= 4 is 63.7 Å². The van der Waals surface area contributed by atoms with Gasteiger partial charge in [0.25, 0.3) is 5.91 Å². The molecule has 1 heterocycles. The summed E-state index contributed by atoms with van der Waals surface area (Å²) in [5.74, 6) is -1.69. The van der Waals surface area contributed by atoms with Crippen LogP contribution < -0.4 is 16.8 Å². The number of hydrogen-bond donors (Lipinski definition) is 3. The highest BCUT2D eigenvalue weighted by Crippen LogP contribution is 2.44. The molecule has 2 amide bonds. The summed E-state index contributed by atoms with van der Waals surface area (Å²) in [4.78, 5) is 26.5. The van der Waals surface area contributed by atoms with Crippen molar-refractivity contribution in [2.75, 3.05) is 5.32 Å². The number of primary amides is 2. The van der Waals surface area contributed by atoms with E-state index in [1.165, 1.54) is 6.07 Å². The molecule has 0 fully saturated rings. The number of halogens is 3. The van der Waals surface area contributed by atoms with E-state index in [1.807, 2.05) is 0 Å². The van der Waals surface area contributed by atoms with Crippen LogP contribution >= 0.6 is 34.8 Å². The van der Waals surface area contributed by atoms with Crippen LogP contribution in [0.15, 0.2) is 11.1 Å². The molecule has 6 nitrogen and oxygen atoms in total. The number of carbonyl (C=O) groups is 2. The van der Waals surface area contributed by atoms with E-state index >= 15 is 0 Å². The number of nitrogens with zero attached hydrogens (tertiary/aromatic N) is 1. The van der Waals surface area contributed by atoms with Crippen molar-refractivity contribution in [1.29, 1.82) is 0 Å². The van der Waals surface area contributed by atoms with Gasteiger partial charge in [0.15, 0.2) is 6.04 Å². The largest absolute Gasteiger partial charge is 0.368 e. The molecule has 1 aromatic rings. The van der Waals surface area contributed by atoms with Crippen LogP contribution in [-0.2, 0) is 9.59 Å². The third kappa shape index (κ3) is 2.34. The van der Waals surface area contributed by atoms with Gasteiger partial charge in [-0.15, -0.1) is 0 Å². The van der Waals surface area contributed by atoms with Gasteiger partial charge in [0.05, 0.1) is 20.8 Å². The lowest BCUT2D eigenvalue weighted by Crippen LogP contribution is -2.48. The van der Waals surface area contributed by atoms with Gasteiger partial charge in [-0.25, -0.2) is 4.99 Å². The third-order valence-electron chi connectivity index (χ3n) is 2.48. The molecule has 1 unspecified atom stereocenters. The molecule has 19 heavy (non-hydrogen) atoms. The molecule has 1 aliphatic rings. The molecule has 5 N–H and O–H groups in total. The predicted octanol–water partition coefficient (Wildman–Crippen LogP) is 1.48. The first-order valence-corrected chi connectivity index (χ1v) is 6.08. The van der Waals surface area contributed by atoms with Crippen LogP contribution in [-0.4, -0.2) is 23.6 Å². The number of rotatable bonds is 2. The molecule has 1 aliphatic heterocycles. The number of anilines is 1. The molecule has 0 radical (unpaired) electrons. The van der Waals surface area contributed by atoms with Crippen molar-refractivity contribution in [3.05, 3.63) is 21.1 Å². The van der Waals surface area contributed by atoms with E-state index in [4.69, 9.17) is 46.3 Å². The molecule has 0 saturated carbocycles. The molecule has 2 rings (SSSR count). The minimum Gasteiger partial charge on any atom is -0.368 e. The Labute approximate surface area is 122 Å². The van der Waals surface area contributed by atoms with Gasteiger partial charge in [0.1, 0.15) is 11.4 Å². The van der Waals surface area contributed by atoms with Crippen LogP contribution in [0.2, 0.25) is 15.1 Å². The van der Waals surface area contributed by atoms with E-state index in [1.54, 1.807) is 0 Å². The first-order chi connectivity index (χ1) is 8.82. The second kappa shape index (κ2) is 4.88. The van der Waals surface area contributed by atoms with Crippen LogP contribution in [0.4, 0.5) is 11.4 Å². The second-order valence-corrected chi connectivity index (χ2v) is 4.89. The Hall–Kier alpha value is -1.50. The maximum atomic E-state index is 11.3. The van der Waals surface area contributed by atoms with E-state index in [9.17, 15) is 9.59 Å². The lowest BCUT2D eigenvalue weighted by atomic mass is 10.1. The van der Waals surface area contributed by atoms with Crippen molar-refractivity contribution < 1.29 is 9.59 Å². The van der Waals surface area contributed by atoms with E-state index in [0.29, 0.717) is 5.69 Å². The summed E-state index contributed by atoms with van der Waals surface area (Å²) >= 11 is 17.7. The highest BCUT2D eigenvalue weighted by atomic mass is 35.5. The Balaban J connectivity index is 2.67. The first-order valence-electron chi connectivity index (χ1n) is 4.94. The zero-order valence-electron chi connectivity index (χ0n) is 9.21. The summed E-state index contributed by atoms with van der Waals surface area (Å²) in [6.07, 6.45) is 0. The fraction of sp³-hybridized carbons (Fsp3) is 0.100. The van der Waals surface area contributed by atoms with Crippen molar-refractivity contribution in [2.24, 2.45) is 16.5 Å². The molecule has 1 atom stereocenters. The zero-order valence-corrected chi connectivity index (χ0v) is 11.5. The number of nitrogens with two attached hydrogens (primary N) is 2. The molecule has 0 bridgehead atoms. The molecule has 0 saturated heterocycles. The van der Waals surface area contributed by atoms with Gasteiger partial charge in [-0.1, -0.05) is 34.8 Å². The van der Waals surface area contributed by atoms with Crippen LogP contribution in [0.3, 0.4) is 0 Å². The molecule has 0 aliphatic carbocycles. The minimum absolute atomic E-state index is 0.0540. The number of fused-ring (bicyclic) bond motifs is 1. The standard InChI is InChI=1S/C10H7Cl3N4O2/c11-2-1-3-6(5(13)4(2)12)17-8(10(15)19)7(16-3)9(14)18/h1,7,16H,(H2,14,18)(H2,15,19). The van der Waals surface area contributed by atoms with Crippen molar-refractivity contribution in [1.82, 2.24) is 0 Å². The van der Waals surface area contributed by atoms with Gasteiger partial charge in [-0.3, -0.25) is 9.59 Å². The van der Waals surface area contributed by atoms with E-state index in [2.05, 4.69) is 10.3 Å². The van der Waals surface area contributed by atoms with E-state index < -0.39 is 17.9 Å². The van der Waals surface area contributed by atoms with Crippen molar-refractivity contribution in [3.8, 4) is 0 Å². The summed E-state index contributed by atoms with van der Waals surface area (Å²) in [7, 11) is 0. The molecule has 9 heteroatoms. The molecular formula is C10H7Cl3N4O2. The highest BCUT2D eigenvalue weighted by Gasteiger charge is 2.32. The van der Waals surface area contributed by atoms with Crippen LogP contribution in [0.1, 0.15) is 0 Å². The summed E-state index contributed by atoms with van der Waals surface area (Å²) in [6.45, 7) is 0. The Morgan fingerprint density at radius 2 is 1.84 bits per heavy atom. The van der Waals surface area contributed by atoms with Gasteiger partial charge < -0.3 is 16.8 Å². The zero-order chi connectivity index (χ0) is 14.3. The average Bonchev–Trinajstić information content (AvgIpc) is 2.34. The monoisotopic (exact) mass is 320 g/mol. The minimum atomic E-state index is -1.14. The third-order valence-corrected chi connectivity index (χ3v) is 3.73. The average molecular weight is 322 g/mol. The van der Waals surface area contributed by atoms with Gasteiger partial charge in [0.2, 0.25) is 5.91 Å². The second-order valence-electron chi connectivity index (χ2n) is 3.72. The first kappa shape index (κ1) is 13.9. The number of nitrogens with one attached hydrogen (secondary N) is 1. The topological polar surface area (TPSA) is 111 Å². The number of aliphatic imine (C=N–C) groups is 1. The fourth-order valence-corrected chi connectivity index (χ4v) is 2.26. The van der Waals surface area contributed by atoms with Crippen LogP contribution in [0.5, 0.6) is 0 Å². The lowest BCUT2D eigenvalue weighted by molar-refractivity contribution is -0.118. The SMILES string of the molecule is NC(=O)C1=Nc2c(cc(Cl)c(Cl)c2Cl)NC1C(N)=O. The van der Waals surface area contributed by atoms with Crippen molar-refractivity contribution in [3.63, 3.8) is 0 Å². The van der Waals surface area contributed by atoms with Gasteiger partial charge in [-0.05, 0) is 6.07 Å². The highest BCUT2D eigenvalue weighted by molar-refractivity contribution is 6.51.